The molecule has 1 saturated heterocycles. The van der Waals surface area contributed by atoms with Gasteiger partial charge in [0, 0.05) is 25.8 Å². The smallest absolute Gasteiger partial charge is 0.339 e. The highest BCUT2D eigenvalue weighted by atomic mass is 16.4. The van der Waals surface area contributed by atoms with Crippen LogP contribution in [-0.4, -0.2) is 58.7 Å². The van der Waals surface area contributed by atoms with E-state index in [0.717, 1.165) is 19.6 Å². The standard InChI is InChI=1S/C14H22N4O2/c1-4-18-7-5-6-11(18)9-17(3)14-15-8-12(13(19)20)10(2)16-14/h8,11H,4-7,9H2,1-3H3,(H,19,20). The van der Waals surface area contributed by atoms with Crippen molar-refractivity contribution in [2.75, 3.05) is 31.6 Å². The quantitative estimate of drug-likeness (QED) is 0.878. The summed E-state index contributed by atoms with van der Waals surface area (Å²) in [6.45, 7) is 6.99. The van der Waals surface area contributed by atoms with E-state index < -0.39 is 5.97 Å². The first-order valence-electron chi connectivity index (χ1n) is 7.05. The Kier molecular flexibility index (Phi) is 4.54. The molecule has 0 spiro atoms. The maximum absolute atomic E-state index is 11.0. The summed E-state index contributed by atoms with van der Waals surface area (Å²) in [5.74, 6) is -0.389. The summed E-state index contributed by atoms with van der Waals surface area (Å²) >= 11 is 0. The van der Waals surface area contributed by atoms with E-state index in [1.54, 1.807) is 6.92 Å². The Balaban J connectivity index is 2.07. The lowest BCUT2D eigenvalue weighted by molar-refractivity contribution is 0.0695. The Morgan fingerprint density at radius 1 is 1.60 bits per heavy atom. The van der Waals surface area contributed by atoms with Gasteiger partial charge in [0.1, 0.15) is 0 Å². The van der Waals surface area contributed by atoms with E-state index in [1.807, 2.05) is 11.9 Å². The fourth-order valence-corrected chi connectivity index (χ4v) is 2.76. The second kappa shape index (κ2) is 6.17. The number of likely N-dealkylation sites (tertiary alicyclic amines) is 1. The molecule has 1 aromatic rings. The van der Waals surface area contributed by atoms with Gasteiger partial charge in [-0.15, -0.1) is 0 Å². The molecule has 1 unspecified atom stereocenters. The fraction of sp³-hybridized carbons (Fsp3) is 0.643. The van der Waals surface area contributed by atoms with Crippen LogP contribution in [0.2, 0.25) is 0 Å². The first-order valence-corrected chi connectivity index (χ1v) is 7.05. The number of carboxylic acid groups (broad SMARTS) is 1. The predicted molar refractivity (Wildman–Crippen MR) is 77.3 cm³/mol. The molecule has 2 rings (SSSR count). The molecule has 0 aliphatic carbocycles. The van der Waals surface area contributed by atoms with E-state index in [1.165, 1.54) is 19.0 Å². The average molecular weight is 278 g/mol. The third kappa shape index (κ3) is 3.07. The summed E-state index contributed by atoms with van der Waals surface area (Å²) in [6.07, 6.45) is 3.83. The SMILES string of the molecule is CCN1CCCC1CN(C)c1ncc(C(=O)O)c(C)n1. The molecule has 1 aliphatic rings. The zero-order chi connectivity index (χ0) is 14.7. The molecule has 1 aromatic heterocycles. The van der Waals surface area contributed by atoms with Crippen LogP contribution in [0.5, 0.6) is 0 Å². The molecule has 1 fully saturated rings. The van der Waals surface area contributed by atoms with Crippen LogP contribution in [-0.2, 0) is 0 Å². The fourth-order valence-electron chi connectivity index (χ4n) is 2.76. The van der Waals surface area contributed by atoms with Crippen LogP contribution in [0, 0.1) is 6.92 Å². The molecule has 6 heteroatoms. The minimum atomic E-state index is -0.982. The lowest BCUT2D eigenvalue weighted by Crippen LogP contribution is -2.39. The molecule has 6 nitrogen and oxygen atoms in total. The lowest BCUT2D eigenvalue weighted by atomic mass is 10.2. The molecule has 0 radical (unpaired) electrons. The summed E-state index contributed by atoms with van der Waals surface area (Å²) < 4.78 is 0. The van der Waals surface area contributed by atoms with Gasteiger partial charge < -0.3 is 10.0 Å². The number of anilines is 1. The van der Waals surface area contributed by atoms with Crippen LogP contribution in [0.15, 0.2) is 6.20 Å². The normalized spacial score (nSPS) is 19.2. The molecule has 2 heterocycles. The van der Waals surface area contributed by atoms with Gasteiger partial charge in [0.15, 0.2) is 0 Å². The van der Waals surface area contributed by atoms with Crippen molar-refractivity contribution in [3.63, 3.8) is 0 Å². The summed E-state index contributed by atoms with van der Waals surface area (Å²) in [6, 6.07) is 0.535. The van der Waals surface area contributed by atoms with Gasteiger partial charge in [0.25, 0.3) is 0 Å². The number of hydrogen-bond donors (Lipinski definition) is 1. The van der Waals surface area contributed by atoms with Crippen LogP contribution in [0.4, 0.5) is 5.95 Å². The minimum Gasteiger partial charge on any atom is -0.478 e. The van der Waals surface area contributed by atoms with Crippen LogP contribution in [0.3, 0.4) is 0 Å². The van der Waals surface area contributed by atoms with Crippen molar-refractivity contribution in [1.29, 1.82) is 0 Å². The number of aromatic nitrogens is 2. The number of hydrogen-bond acceptors (Lipinski definition) is 5. The molecule has 1 atom stereocenters. The monoisotopic (exact) mass is 278 g/mol. The highest BCUT2D eigenvalue weighted by molar-refractivity contribution is 5.88. The highest BCUT2D eigenvalue weighted by Crippen LogP contribution is 2.19. The van der Waals surface area contributed by atoms with Crippen molar-refractivity contribution in [2.45, 2.75) is 32.7 Å². The van der Waals surface area contributed by atoms with Gasteiger partial charge >= 0.3 is 5.97 Å². The Bertz CT molecular complexity index is 492. The number of carboxylic acids is 1. The van der Waals surface area contributed by atoms with Crippen LogP contribution < -0.4 is 4.90 Å². The van der Waals surface area contributed by atoms with Crippen molar-refractivity contribution in [3.05, 3.63) is 17.5 Å². The zero-order valence-electron chi connectivity index (χ0n) is 12.3. The number of aryl methyl sites for hydroxylation is 1. The average Bonchev–Trinajstić information content (AvgIpc) is 2.85. The first-order chi connectivity index (χ1) is 9.52. The van der Waals surface area contributed by atoms with E-state index in [4.69, 9.17) is 5.11 Å². The van der Waals surface area contributed by atoms with E-state index in [0.29, 0.717) is 17.7 Å². The third-order valence-corrected chi connectivity index (χ3v) is 3.93. The number of rotatable bonds is 5. The Morgan fingerprint density at radius 2 is 2.35 bits per heavy atom. The van der Waals surface area contributed by atoms with Crippen molar-refractivity contribution < 1.29 is 9.90 Å². The molecule has 110 valence electrons. The molecule has 0 saturated carbocycles. The van der Waals surface area contributed by atoms with Gasteiger partial charge in [0.05, 0.1) is 11.3 Å². The minimum absolute atomic E-state index is 0.165. The number of aromatic carboxylic acids is 1. The molecule has 0 bridgehead atoms. The van der Waals surface area contributed by atoms with Crippen molar-refractivity contribution >= 4 is 11.9 Å². The third-order valence-electron chi connectivity index (χ3n) is 3.93. The summed E-state index contributed by atoms with van der Waals surface area (Å²) in [4.78, 5) is 23.9. The topological polar surface area (TPSA) is 69.6 Å². The van der Waals surface area contributed by atoms with Gasteiger partial charge in [-0.05, 0) is 32.9 Å². The molecular weight excluding hydrogens is 256 g/mol. The largest absolute Gasteiger partial charge is 0.478 e. The number of nitrogens with zero attached hydrogens (tertiary/aromatic N) is 4. The first kappa shape index (κ1) is 14.7. The van der Waals surface area contributed by atoms with Gasteiger partial charge in [-0.2, -0.15) is 0 Å². The molecule has 1 aliphatic heterocycles. The van der Waals surface area contributed by atoms with Crippen LogP contribution >= 0.6 is 0 Å². The van der Waals surface area contributed by atoms with Crippen LogP contribution in [0.1, 0.15) is 35.8 Å². The number of carbonyl (C=O) groups is 1. The molecule has 20 heavy (non-hydrogen) atoms. The second-order valence-electron chi connectivity index (χ2n) is 5.28. The predicted octanol–water partition coefficient (Wildman–Crippen LogP) is 1.40. The summed E-state index contributed by atoms with van der Waals surface area (Å²) in [7, 11) is 1.96. The Labute approximate surface area is 119 Å². The van der Waals surface area contributed by atoms with Crippen molar-refractivity contribution in [1.82, 2.24) is 14.9 Å². The maximum Gasteiger partial charge on any atom is 0.339 e. The van der Waals surface area contributed by atoms with E-state index in [-0.39, 0.29) is 5.56 Å². The Hall–Kier alpha value is -1.69. The molecular formula is C14H22N4O2. The van der Waals surface area contributed by atoms with Gasteiger partial charge in [-0.1, -0.05) is 6.92 Å². The molecule has 1 N–H and O–H groups in total. The lowest BCUT2D eigenvalue weighted by Gasteiger charge is -2.27. The maximum atomic E-state index is 11.0. The second-order valence-corrected chi connectivity index (χ2v) is 5.28. The van der Waals surface area contributed by atoms with E-state index >= 15 is 0 Å². The summed E-state index contributed by atoms with van der Waals surface area (Å²) in [5, 5.41) is 8.99. The molecule has 0 amide bonds. The zero-order valence-corrected chi connectivity index (χ0v) is 12.3. The van der Waals surface area contributed by atoms with Crippen molar-refractivity contribution in [3.8, 4) is 0 Å². The van der Waals surface area contributed by atoms with Gasteiger partial charge in [0.2, 0.25) is 5.95 Å². The highest BCUT2D eigenvalue weighted by Gasteiger charge is 2.25. The van der Waals surface area contributed by atoms with Gasteiger partial charge in [-0.25, -0.2) is 14.8 Å². The number of likely N-dealkylation sites (N-methyl/N-ethyl adjacent to an activating group) is 2. The van der Waals surface area contributed by atoms with Crippen molar-refractivity contribution in [2.24, 2.45) is 0 Å². The van der Waals surface area contributed by atoms with Gasteiger partial charge in [-0.3, -0.25) is 4.90 Å². The molecule has 0 aromatic carbocycles. The van der Waals surface area contributed by atoms with Crippen LogP contribution in [0.25, 0.3) is 0 Å². The van der Waals surface area contributed by atoms with E-state index in [9.17, 15) is 4.79 Å². The van der Waals surface area contributed by atoms with E-state index in [2.05, 4.69) is 21.8 Å². The Morgan fingerprint density at radius 3 is 2.95 bits per heavy atom. The summed E-state index contributed by atoms with van der Waals surface area (Å²) in [5.41, 5.74) is 0.673.